The molecule has 2 aromatic rings. The largest absolute Gasteiger partial charge is 0.453 e. The maximum absolute atomic E-state index is 15.4. The summed E-state index contributed by atoms with van der Waals surface area (Å²) in [6, 6.07) is 0.150. The van der Waals surface area contributed by atoms with Crippen LogP contribution in [0.1, 0.15) is 47.1 Å². The molecule has 0 saturated heterocycles. The van der Waals surface area contributed by atoms with Gasteiger partial charge in [0.1, 0.15) is 23.7 Å². The molecule has 48 heavy (non-hydrogen) atoms. The second-order valence-corrected chi connectivity index (χ2v) is 13.0. The number of hydrogen-bond donors (Lipinski definition) is 5. The van der Waals surface area contributed by atoms with Gasteiger partial charge in [0.15, 0.2) is 5.82 Å². The highest BCUT2D eigenvalue weighted by Gasteiger charge is 2.36. The number of pyridine rings is 1. The van der Waals surface area contributed by atoms with Crippen LogP contribution in [0, 0.1) is 34.2 Å². The van der Waals surface area contributed by atoms with Gasteiger partial charge in [0.2, 0.25) is 11.9 Å². The number of carbonyl (C=O) groups excluding carboxylic acids is 4. The van der Waals surface area contributed by atoms with Gasteiger partial charge < -0.3 is 30.5 Å². The lowest BCUT2D eigenvalue weighted by Crippen LogP contribution is -2.58. The molecule has 13 nitrogen and oxygen atoms in total. The lowest BCUT2D eigenvalue weighted by atomic mass is 9.86. The first-order valence-corrected chi connectivity index (χ1v) is 14.7. The van der Waals surface area contributed by atoms with Crippen LogP contribution in [-0.4, -0.2) is 84.6 Å². The number of amides is 4. The van der Waals surface area contributed by atoms with Crippen LogP contribution in [-0.2, 0) is 25.6 Å². The summed E-state index contributed by atoms with van der Waals surface area (Å²) in [5.41, 5.74) is -0.0278. The van der Waals surface area contributed by atoms with Crippen molar-refractivity contribution < 1.29 is 51.3 Å². The summed E-state index contributed by atoms with van der Waals surface area (Å²) in [5.74, 6) is -6.46. The maximum atomic E-state index is 15.4. The second kappa shape index (κ2) is 16.5. The average Bonchev–Trinajstić information content (AvgIpc) is 2.98. The molecule has 1 aromatic carbocycles. The van der Waals surface area contributed by atoms with Crippen molar-refractivity contribution in [2.45, 2.75) is 66.3 Å². The zero-order chi connectivity index (χ0) is 36.6. The van der Waals surface area contributed by atoms with Gasteiger partial charge in [-0.1, -0.05) is 41.5 Å². The lowest BCUT2D eigenvalue weighted by molar-refractivity contribution is -0.132. The third-order valence-electron chi connectivity index (χ3n) is 6.98. The summed E-state index contributed by atoms with van der Waals surface area (Å²) in [6.07, 6.45) is -2.33. The van der Waals surface area contributed by atoms with E-state index < -0.39 is 102 Å². The van der Waals surface area contributed by atoms with E-state index in [1.807, 2.05) is 0 Å². The molecule has 3 atom stereocenters. The number of rotatable bonds is 12. The van der Waals surface area contributed by atoms with E-state index in [0.29, 0.717) is 0 Å². The molecule has 2 rings (SSSR count). The van der Waals surface area contributed by atoms with Crippen LogP contribution in [0.2, 0.25) is 0 Å². The van der Waals surface area contributed by atoms with E-state index in [1.165, 1.54) is 0 Å². The first-order valence-electron chi connectivity index (χ1n) is 14.7. The number of hydrazine groups is 1. The van der Waals surface area contributed by atoms with E-state index in [2.05, 4.69) is 35.8 Å². The fraction of sp³-hybridized carbons (Fsp3) is 0.516. The highest BCUT2D eigenvalue weighted by molar-refractivity contribution is 5.87. The smallest absolute Gasteiger partial charge is 0.407 e. The highest BCUT2D eigenvalue weighted by Crippen LogP contribution is 2.26. The van der Waals surface area contributed by atoms with Crippen LogP contribution in [0.3, 0.4) is 0 Å². The quantitative estimate of drug-likeness (QED) is 0.128. The van der Waals surface area contributed by atoms with Crippen molar-refractivity contribution in [1.82, 2.24) is 31.4 Å². The molecule has 0 spiro atoms. The molecule has 5 N–H and O–H groups in total. The Morgan fingerprint density at radius 2 is 1.29 bits per heavy atom. The number of nitrogens with one attached hydrogen (secondary N) is 4. The monoisotopic (exact) mass is 686 g/mol. The lowest BCUT2D eigenvalue weighted by Gasteiger charge is -2.33. The van der Waals surface area contributed by atoms with Crippen molar-refractivity contribution in [2.75, 3.05) is 27.3 Å². The number of methoxy groups -OCH3 is 2. The SMILES string of the molecule is COC(=O)NC(C(=O)NC[C@@H](O)CN(Cc1c(F)cc(-c2cnc(F)c(F)c2)cc1F)NC(=O)[C@@H](NC(=O)OC)C(C)(C)C)C(C)(C)C. The van der Waals surface area contributed by atoms with Gasteiger partial charge in [-0.05, 0) is 34.6 Å². The number of hydrogen-bond acceptors (Lipinski definition) is 9. The molecule has 0 aliphatic rings. The second-order valence-electron chi connectivity index (χ2n) is 13.0. The van der Waals surface area contributed by atoms with E-state index in [-0.39, 0.29) is 11.1 Å². The van der Waals surface area contributed by atoms with Crippen LogP contribution in [0.15, 0.2) is 24.4 Å². The van der Waals surface area contributed by atoms with Crippen LogP contribution in [0.25, 0.3) is 11.1 Å². The minimum Gasteiger partial charge on any atom is -0.453 e. The summed E-state index contributed by atoms with van der Waals surface area (Å²) < 4.78 is 66.9. The van der Waals surface area contributed by atoms with Gasteiger partial charge in [-0.25, -0.2) is 32.8 Å². The third kappa shape index (κ3) is 11.3. The molecule has 0 radical (unpaired) electrons. The Morgan fingerprint density at radius 3 is 1.75 bits per heavy atom. The Bertz CT molecular complexity index is 1460. The summed E-state index contributed by atoms with van der Waals surface area (Å²) >= 11 is 0. The van der Waals surface area contributed by atoms with Gasteiger partial charge in [0.05, 0.1) is 20.3 Å². The number of halogens is 4. The van der Waals surface area contributed by atoms with Gasteiger partial charge in [-0.15, -0.1) is 0 Å². The Kier molecular flexibility index (Phi) is 13.7. The minimum absolute atomic E-state index is 0.105. The van der Waals surface area contributed by atoms with E-state index in [9.17, 15) is 33.1 Å². The Morgan fingerprint density at radius 1 is 0.812 bits per heavy atom. The van der Waals surface area contributed by atoms with Crippen molar-refractivity contribution in [2.24, 2.45) is 10.8 Å². The maximum Gasteiger partial charge on any atom is 0.407 e. The van der Waals surface area contributed by atoms with Crippen molar-refractivity contribution >= 4 is 24.0 Å². The normalized spacial score (nSPS) is 13.6. The van der Waals surface area contributed by atoms with Crippen molar-refractivity contribution in [3.05, 3.63) is 53.4 Å². The zero-order valence-corrected chi connectivity index (χ0v) is 28.0. The molecule has 266 valence electrons. The highest BCUT2D eigenvalue weighted by atomic mass is 19.2. The predicted molar refractivity (Wildman–Crippen MR) is 165 cm³/mol. The molecule has 4 amide bonds. The zero-order valence-electron chi connectivity index (χ0n) is 28.0. The number of ether oxygens (including phenoxy) is 2. The Hall–Kier alpha value is -4.51. The number of aliphatic hydroxyl groups excluding tert-OH is 1. The molecule has 0 aliphatic carbocycles. The number of aromatic nitrogens is 1. The first-order chi connectivity index (χ1) is 22.2. The average molecular weight is 687 g/mol. The summed E-state index contributed by atoms with van der Waals surface area (Å²) in [5, 5.41) is 19.2. The Labute approximate surface area is 275 Å². The fourth-order valence-corrected chi connectivity index (χ4v) is 4.40. The number of alkyl carbamates (subject to hydrolysis) is 2. The molecule has 0 fully saturated rings. The van der Waals surface area contributed by atoms with Crippen LogP contribution in [0.5, 0.6) is 0 Å². The van der Waals surface area contributed by atoms with Gasteiger partial charge in [0.25, 0.3) is 5.91 Å². The number of nitrogens with zero attached hydrogens (tertiary/aromatic N) is 2. The van der Waals surface area contributed by atoms with E-state index in [4.69, 9.17) is 0 Å². The molecule has 0 saturated carbocycles. The summed E-state index contributed by atoms with van der Waals surface area (Å²) in [7, 11) is 2.23. The van der Waals surface area contributed by atoms with Crippen molar-refractivity contribution in [1.29, 1.82) is 0 Å². The first kappa shape index (κ1) is 39.7. The topological polar surface area (TPSA) is 171 Å². The molecule has 17 heteroatoms. The van der Waals surface area contributed by atoms with Gasteiger partial charge in [-0.2, -0.15) is 4.39 Å². The van der Waals surface area contributed by atoms with Gasteiger partial charge in [-0.3, -0.25) is 15.0 Å². The number of benzene rings is 1. The molecule has 0 aliphatic heterocycles. The van der Waals surface area contributed by atoms with Gasteiger partial charge >= 0.3 is 12.2 Å². The van der Waals surface area contributed by atoms with E-state index >= 15 is 8.78 Å². The summed E-state index contributed by atoms with van der Waals surface area (Å²) in [6.45, 7) is 8.39. The Balaban J connectivity index is 2.38. The van der Waals surface area contributed by atoms with Crippen molar-refractivity contribution in [3.8, 4) is 11.1 Å². The molecular weight excluding hydrogens is 644 g/mol. The van der Waals surface area contributed by atoms with Gasteiger partial charge in [0, 0.05) is 37.0 Å². The molecule has 1 unspecified atom stereocenters. The number of carbonyl (C=O) groups is 4. The number of aliphatic hydroxyl groups is 1. The third-order valence-corrected chi connectivity index (χ3v) is 6.98. The van der Waals surface area contributed by atoms with Crippen LogP contribution < -0.4 is 21.4 Å². The standard InChI is InChI=1S/C31H42F4N6O7/c1-30(2,3)23(38-28(45)47-7)26(43)37-13-18(42)14-41(40-27(44)24(31(4,5)6)39-29(46)48-8)15-19-20(32)9-16(10-21(19)33)17-11-22(34)25(35)36-12-17/h9-12,18,23-24,42H,13-15H2,1-8H3,(H,37,43)(H,38,45)(H,39,46)(H,40,44)/t18-,23?,24-/m1/s1. The molecule has 1 aromatic heterocycles. The summed E-state index contributed by atoms with van der Waals surface area (Å²) in [4.78, 5) is 53.3. The minimum atomic E-state index is -1.45. The van der Waals surface area contributed by atoms with E-state index in [0.717, 1.165) is 43.6 Å². The van der Waals surface area contributed by atoms with Crippen molar-refractivity contribution in [3.63, 3.8) is 0 Å². The molecule has 1 heterocycles. The molecular formula is C31H42F4N6O7. The van der Waals surface area contributed by atoms with Crippen LogP contribution >= 0.6 is 0 Å². The van der Waals surface area contributed by atoms with E-state index in [1.54, 1.807) is 41.5 Å². The molecule has 0 bridgehead atoms. The fourth-order valence-electron chi connectivity index (χ4n) is 4.40. The predicted octanol–water partition coefficient (Wildman–Crippen LogP) is 3.16. The van der Waals surface area contributed by atoms with Crippen LogP contribution in [0.4, 0.5) is 27.2 Å².